The lowest BCUT2D eigenvalue weighted by Gasteiger charge is -2.27. The molecule has 0 spiro atoms. The van der Waals surface area contributed by atoms with E-state index in [0.29, 0.717) is 12.5 Å². The second kappa shape index (κ2) is 10.1. The van der Waals surface area contributed by atoms with Crippen LogP contribution in [0.4, 0.5) is 0 Å². The first-order valence-corrected chi connectivity index (χ1v) is 7.90. The van der Waals surface area contributed by atoms with Gasteiger partial charge in [-0.25, -0.2) is 0 Å². The highest BCUT2D eigenvalue weighted by atomic mass is 16.5. The third-order valence-electron chi connectivity index (χ3n) is 4.12. The van der Waals surface area contributed by atoms with Crippen LogP contribution in [-0.4, -0.2) is 12.6 Å². The van der Waals surface area contributed by atoms with Gasteiger partial charge < -0.3 is 4.74 Å². The Kier molecular flexibility index (Phi) is 9.63. The zero-order valence-corrected chi connectivity index (χ0v) is 13.3. The third kappa shape index (κ3) is 5.80. The van der Waals surface area contributed by atoms with E-state index in [1.807, 2.05) is 6.92 Å². The molecule has 2 unspecified atom stereocenters. The summed E-state index contributed by atoms with van der Waals surface area (Å²) >= 11 is 0. The zero-order chi connectivity index (χ0) is 14.7. The molecule has 2 heteroatoms. The quantitative estimate of drug-likeness (QED) is 0.383. The molecule has 19 heavy (non-hydrogen) atoms. The maximum Gasteiger partial charge on any atom is 0.315 e. The fraction of sp³-hybridized carbons (Fsp3) is 0.824. The van der Waals surface area contributed by atoms with E-state index in [2.05, 4.69) is 27.4 Å². The molecule has 2 atom stereocenters. The van der Waals surface area contributed by atoms with Crippen molar-refractivity contribution in [2.75, 3.05) is 6.61 Å². The van der Waals surface area contributed by atoms with Gasteiger partial charge in [0, 0.05) is 0 Å². The Bertz CT molecular complexity index is 260. The van der Waals surface area contributed by atoms with Gasteiger partial charge in [-0.3, -0.25) is 4.79 Å². The molecule has 0 rings (SSSR count). The molecule has 0 aromatic rings. The van der Waals surface area contributed by atoms with E-state index in [1.165, 1.54) is 12.8 Å². The molecular weight excluding hydrogens is 236 g/mol. The van der Waals surface area contributed by atoms with E-state index in [0.717, 1.165) is 32.1 Å². The summed E-state index contributed by atoms with van der Waals surface area (Å²) in [6.07, 6.45) is 9.01. The van der Waals surface area contributed by atoms with Gasteiger partial charge >= 0.3 is 5.97 Å². The number of unbranched alkanes of at least 4 members (excludes halogenated alkanes) is 1. The molecule has 0 amide bonds. The van der Waals surface area contributed by atoms with E-state index in [1.54, 1.807) is 6.08 Å². The molecule has 0 aromatic carbocycles. The van der Waals surface area contributed by atoms with E-state index in [4.69, 9.17) is 4.74 Å². The van der Waals surface area contributed by atoms with Gasteiger partial charge in [-0.15, -0.1) is 6.58 Å². The van der Waals surface area contributed by atoms with Gasteiger partial charge in [-0.05, 0) is 25.2 Å². The molecule has 0 N–H and O–H groups in total. The first-order valence-electron chi connectivity index (χ1n) is 7.90. The summed E-state index contributed by atoms with van der Waals surface area (Å²) in [5.74, 6) is 0.423. The van der Waals surface area contributed by atoms with Crippen molar-refractivity contribution in [1.29, 1.82) is 0 Å². The molecule has 2 nitrogen and oxygen atoms in total. The summed E-state index contributed by atoms with van der Waals surface area (Å²) in [7, 11) is 0. The summed E-state index contributed by atoms with van der Waals surface area (Å²) in [5, 5.41) is 0. The normalized spacial score (nSPS) is 15.6. The highest BCUT2D eigenvalue weighted by Gasteiger charge is 2.34. The van der Waals surface area contributed by atoms with Crippen LogP contribution in [0.15, 0.2) is 12.7 Å². The standard InChI is InChI=1S/C17H32O2/c1-6-11-12-15(8-3)14-19-16(18)17(9-4,10-5)13-7-2/h9,15H,4,6-8,10-14H2,1-3,5H3. The summed E-state index contributed by atoms with van der Waals surface area (Å²) in [5.41, 5.74) is -0.474. The first-order chi connectivity index (χ1) is 9.10. The van der Waals surface area contributed by atoms with Gasteiger partial charge in [0.05, 0.1) is 12.0 Å². The number of hydrogen-bond donors (Lipinski definition) is 0. The SMILES string of the molecule is C=CC(CC)(CCC)C(=O)OCC(CC)CCCC. The van der Waals surface area contributed by atoms with E-state index < -0.39 is 5.41 Å². The predicted molar refractivity (Wildman–Crippen MR) is 82.1 cm³/mol. The van der Waals surface area contributed by atoms with Crippen molar-refractivity contribution >= 4 is 5.97 Å². The van der Waals surface area contributed by atoms with Crippen LogP contribution in [0.1, 0.15) is 72.6 Å². The monoisotopic (exact) mass is 268 g/mol. The zero-order valence-electron chi connectivity index (χ0n) is 13.3. The Morgan fingerprint density at radius 2 is 1.95 bits per heavy atom. The van der Waals surface area contributed by atoms with Crippen LogP contribution in [0, 0.1) is 11.3 Å². The Balaban J connectivity index is 4.43. The molecule has 0 saturated heterocycles. The Labute approximate surface area is 119 Å². The van der Waals surface area contributed by atoms with Gasteiger partial charge in [0.2, 0.25) is 0 Å². The smallest absolute Gasteiger partial charge is 0.315 e. The molecule has 0 aliphatic rings. The number of carbonyl (C=O) groups is 1. The lowest BCUT2D eigenvalue weighted by atomic mass is 9.81. The Hall–Kier alpha value is -0.790. The predicted octanol–water partition coefficient (Wildman–Crippen LogP) is 5.13. The van der Waals surface area contributed by atoms with Crippen molar-refractivity contribution < 1.29 is 9.53 Å². The van der Waals surface area contributed by atoms with Gasteiger partial charge in [0.15, 0.2) is 0 Å². The van der Waals surface area contributed by atoms with Crippen molar-refractivity contribution in [2.45, 2.75) is 72.6 Å². The second-order valence-corrected chi connectivity index (χ2v) is 5.48. The topological polar surface area (TPSA) is 26.3 Å². The van der Waals surface area contributed by atoms with Gasteiger partial charge in [-0.2, -0.15) is 0 Å². The molecule has 0 saturated carbocycles. The van der Waals surface area contributed by atoms with Crippen molar-refractivity contribution in [3.05, 3.63) is 12.7 Å². The number of hydrogen-bond acceptors (Lipinski definition) is 2. The Morgan fingerprint density at radius 3 is 2.37 bits per heavy atom. The molecule has 0 bridgehead atoms. The van der Waals surface area contributed by atoms with Crippen LogP contribution in [-0.2, 0) is 9.53 Å². The van der Waals surface area contributed by atoms with Crippen LogP contribution < -0.4 is 0 Å². The van der Waals surface area contributed by atoms with E-state index >= 15 is 0 Å². The highest BCUT2D eigenvalue weighted by molar-refractivity contribution is 5.79. The molecule has 0 aliphatic heterocycles. The second-order valence-electron chi connectivity index (χ2n) is 5.48. The number of rotatable bonds is 11. The third-order valence-corrected chi connectivity index (χ3v) is 4.12. The van der Waals surface area contributed by atoms with Crippen LogP contribution >= 0.6 is 0 Å². The van der Waals surface area contributed by atoms with Crippen molar-refractivity contribution in [2.24, 2.45) is 11.3 Å². The highest BCUT2D eigenvalue weighted by Crippen LogP contribution is 2.31. The lowest BCUT2D eigenvalue weighted by molar-refractivity contribution is -0.155. The summed E-state index contributed by atoms with van der Waals surface area (Å²) < 4.78 is 5.58. The molecule has 0 heterocycles. The van der Waals surface area contributed by atoms with Crippen LogP contribution in [0.5, 0.6) is 0 Å². The molecule has 0 fully saturated rings. The van der Waals surface area contributed by atoms with E-state index in [9.17, 15) is 4.79 Å². The molecule has 112 valence electrons. The maximum atomic E-state index is 12.3. The fourth-order valence-corrected chi connectivity index (χ4v) is 2.43. The fourth-order valence-electron chi connectivity index (χ4n) is 2.43. The van der Waals surface area contributed by atoms with Crippen LogP contribution in [0.3, 0.4) is 0 Å². The van der Waals surface area contributed by atoms with Gasteiger partial charge in [-0.1, -0.05) is 59.5 Å². The molecule has 0 radical (unpaired) electrons. The number of carbonyl (C=O) groups excluding carboxylic acids is 1. The average molecular weight is 268 g/mol. The minimum Gasteiger partial charge on any atom is -0.465 e. The van der Waals surface area contributed by atoms with Crippen molar-refractivity contribution in [1.82, 2.24) is 0 Å². The van der Waals surface area contributed by atoms with Gasteiger partial charge in [0.25, 0.3) is 0 Å². The molecular formula is C17H32O2. The minimum absolute atomic E-state index is 0.0817. The maximum absolute atomic E-state index is 12.3. The number of esters is 1. The van der Waals surface area contributed by atoms with Crippen LogP contribution in [0.25, 0.3) is 0 Å². The molecule has 0 aliphatic carbocycles. The summed E-state index contributed by atoms with van der Waals surface area (Å²) in [4.78, 5) is 12.3. The van der Waals surface area contributed by atoms with Gasteiger partial charge in [0.1, 0.15) is 0 Å². The summed E-state index contributed by atoms with van der Waals surface area (Å²) in [6, 6.07) is 0. The van der Waals surface area contributed by atoms with Crippen molar-refractivity contribution in [3.8, 4) is 0 Å². The first kappa shape index (κ1) is 18.2. The average Bonchev–Trinajstić information content (AvgIpc) is 2.44. The van der Waals surface area contributed by atoms with E-state index in [-0.39, 0.29) is 5.97 Å². The summed E-state index contributed by atoms with van der Waals surface area (Å²) in [6.45, 7) is 12.9. The van der Waals surface area contributed by atoms with Crippen LogP contribution in [0.2, 0.25) is 0 Å². The largest absolute Gasteiger partial charge is 0.465 e. The number of ether oxygens (including phenoxy) is 1. The molecule has 0 aromatic heterocycles. The minimum atomic E-state index is -0.474. The Morgan fingerprint density at radius 1 is 1.26 bits per heavy atom. The lowest BCUT2D eigenvalue weighted by Crippen LogP contribution is -2.31. The van der Waals surface area contributed by atoms with Crippen molar-refractivity contribution in [3.63, 3.8) is 0 Å².